The summed E-state index contributed by atoms with van der Waals surface area (Å²) < 4.78 is 5.57. The molecule has 0 spiro atoms. The number of amides is 1. The lowest BCUT2D eigenvalue weighted by Crippen LogP contribution is -2.38. The minimum absolute atomic E-state index is 0.00405. The summed E-state index contributed by atoms with van der Waals surface area (Å²) in [7, 11) is 0. The quantitative estimate of drug-likeness (QED) is 0.787. The molecule has 0 aliphatic carbocycles. The molecule has 0 bridgehead atoms. The van der Waals surface area contributed by atoms with Crippen molar-refractivity contribution in [1.82, 2.24) is 4.90 Å². The lowest BCUT2D eigenvalue weighted by Gasteiger charge is -2.24. The van der Waals surface area contributed by atoms with Crippen LogP contribution >= 0.6 is 27.5 Å². The van der Waals surface area contributed by atoms with Gasteiger partial charge in [-0.05, 0) is 34.3 Å². The maximum Gasteiger partial charge on any atom is 0.258 e. The molecule has 1 amide bonds. The number of rotatable bonds is 2. The van der Waals surface area contributed by atoms with Gasteiger partial charge >= 0.3 is 0 Å². The van der Waals surface area contributed by atoms with E-state index < -0.39 is 0 Å². The van der Waals surface area contributed by atoms with Crippen LogP contribution in [0.4, 0.5) is 0 Å². The van der Waals surface area contributed by atoms with Gasteiger partial charge < -0.3 is 9.32 Å². The van der Waals surface area contributed by atoms with Crippen molar-refractivity contribution in [2.45, 2.75) is 19.4 Å². The number of carbonyl (C=O) groups excluding carboxylic acids is 1. The van der Waals surface area contributed by atoms with Gasteiger partial charge in [-0.1, -0.05) is 6.92 Å². The Balaban J connectivity index is 2.20. The zero-order valence-corrected chi connectivity index (χ0v) is 11.3. The van der Waals surface area contributed by atoms with Crippen LogP contribution in [0.5, 0.6) is 0 Å². The van der Waals surface area contributed by atoms with Gasteiger partial charge in [-0.25, -0.2) is 0 Å². The molecule has 0 radical (unpaired) electrons. The Labute approximate surface area is 108 Å². The predicted molar refractivity (Wildman–Crippen MR) is 65.7 cm³/mol. The van der Waals surface area contributed by atoms with Crippen molar-refractivity contribution in [3.05, 3.63) is 22.6 Å². The van der Waals surface area contributed by atoms with Crippen LogP contribution in [-0.2, 0) is 0 Å². The van der Waals surface area contributed by atoms with Crippen molar-refractivity contribution in [2.24, 2.45) is 5.92 Å². The Morgan fingerprint density at radius 3 is 3.06 bits per heavy atom. The van der Waals surface area contributed by atoms with Gasteiger partial charge in [-0.15, -0.1) is 11.6 Å². The second-order valence-electron chi connectivity index (χ2n) is 4.09. The normalized spacial score (nSPS) is 25.1. The minimum atomic E-state index is -0.00405. The van der Waals surface area contributed by atoms with Gasteiger partial charge in [0.2, 0.25) is 0 Å². The molecular weight excluding hydrogens is 293 g/mol. The topological polar surface area (TPSA) is 33.5 Å². The third kappa shape index (κ3) is 2.00. The predicted octanol–water partition coefficient (Wildman–Crippen LogP) is 3.13. The summed E-state index contributed by atoms with van der Waals surface area (Å²) >= 11 is 9.14. The molecule has 3 nitrogen and oxygen atoms in total. The fourth-order valence-corrected chi connectivity index (χ4v) is 2.98. The first-order valence-electron chi connectivity index (χ1n) is 5.25. The van der Waals surface area contributed by atoms with Crippen LogP contribution in [0.1, 0.15) is 23.7 Å². The van der Waals surface area contributed by atoms with Crippen LogP contribution in [0, 0.1) is 5.92 Å². The van der Waals surface area contributed by atoms with Gasteiger partial charge in [0.1, 0.15) is 0 Å². The molecule has 1 aliphatic heterocycles. The first kappa shape index (κ1) is 12.0. The maximum atomic E-state index is 12.2. The number of halogens is 2. The first-order valence-corrected chi connectivity index (χ1v) is 6.57. The summed E-state index contributed by atoms with van der Waals surface area (Å²) in [6.45, 7) is 2.90. The summed E-state index contributed by atoms with van der Waals surface area (Å²) in [5.41, 5.74) is 0.573. The summed E-state index contributed by atoms with van der Waals surface area (Å²) in [4.78, 5) is 14.1. The minimum Gasteiger partial charge on any atom is -0.457 e. The van der Waals surface area contributed by atoms with Crippen LogP contribution < -0.4 is 0 Å². The SMILES string of the molecule is CC1CCN(C(=O)c2ccoc2Br)C1CCl. The fraction of sp³-hybridized carbons (Fsp3) is 0.545. The van der Waals surface area contributed by atoms with Crippen LogP contribution in [0.2, 0.25) is 0 Å². The van der Waals surface area contributed by atoms with E-state index in [2.05, 4.69) is 22.9 Å². The highest BCUT2D eigenvalue weighted by Crippen LogP contribution is 2.28. The van der Waals surface area contributed by atoms with E-state index in [-0.39, 0.29) is 11.9 Å². The molecule has 0 N–H and O–H groups in total. The molecule has 2 atom stereocenters. The van der Waals surface area contributed by atoms with Gasteiger partial charge in [0.15, 0.2) is 4.67 Å². The molecule has 16 heavy (non-hydrogen) atoms. The smallest absolute Gasteiger partial charge is 0.258 e. The molecule has 2 heterocycles. The van der Waals surface area contributed by atoms with Gasteiger partial charge in [0.25, 0.3) is 5.91 Å². The van der Waals surface area contributed by atoms with E-state index in [0.29, 0.717) is 22.0 Å². The fourth-order valence-electron chi connectivity index (χ4n) is 2.10. The number of alkyl halides is 1. The maximum absolute atomic E-state index is 12.2. The summed E-state index contributed by atoms with van der Waals surface area (Å²) in [5.74, 6) is 0.949. The number of furan rings is 1. The second-order valence-corrected chi connectivity index (χ2v) is 5.12. The Bertz CT molecular complexity index is 393. The van der Waals surface area contributed by atoms with Crippen LogP contribution in [0.25, 0.3) is 0 Å². The number of nitrogens with zero attached hydrogens (tertiary/aromatic N) is 1. The van der Waals surface area contributed by atoms with Crippen molar-refractivity contribution in [3.63, 3.8) is 0 Å². The summed E-state index contributed by atoms with van der Waals surface area (Å²) in [6.07, 6.45) is 2.52. The Hall–Kier alpha value is -0.480. The summed E-state index contributed by atoms with van der Waals surface area (Å²) in [5, 5.41) is 0. The van der Waals surface area contributed by atoms with Gasteiger partial charge in [-0.3, -0.25) is 4.79 Å². The Morgan fingerprint density at radius 1 is 1.75 bits per heavy atom. The highest BCUT2D eigenvalue weighted by atomic mass is 79.9. The molecular formula is C11H13BrClNO2. The molecule has 88 valence electrons. The molecule has 1 aromatic rings. The van der Waals surface area contributed by atoms with Crippen molar-refractivity contribution >= 4 is 33.4 Å². The van der Waals surface area contributed by atoms with E-state index in [4.69, 9.17) is 16.0 Å². The summed E-state index contributed by atoms with van der Waals surface area (Å²) in [6, 6.07) is 1.82. The third-order valence-corrected chi connectivity index (χ3v) is 4.08. The van der Waals surface area contributed by atoms with Gasteiger partial charge in [0.05, 0.1) is 11.8 Å². The molecule has 2 rings (SSSR count). The molecule has 2 unspecified atom stereocenters. The van der Waals surface area contributed by atoms with E-state index in [9.17, 15) is 4.79 Å². The van der Waals surface area contributed by atoms with E-state index in [0.717, 1.165) is 13.0 Å². The Kier molecular flexibility index (Phi) is 3.60. The van der Waals surface area contributed by atoms with Crippen molar-refractivity contribution in [1.29, 1.82) is 0 Å². The highest BCUT2D eigenvalue weighted by molar-refractivity contribution is 9.10. The van der Waals surface area contributed by atoms with Crippen LogP contribution in [0.3, 0.4) is 0 Å². The number of likely N-dealkylation sites (tertiary alicyclic amines) is 1. The lowest BCUT2D eigenvalue weighted by atomic mass is 10.0. The van der Waals surface area contributed by atoms with Crippen LogP contribution in [0.15, 0.2) is 21.4 Å². The lowest BCUT2D eigenvalue weighted by molar-refractivity contribution is 0.0735. The van der Waals surface area contributed by atoms with Crippen molar-refractivity contribution < 1.29 is 9.21 Å². The molecule has 0 aromatic carbocycles. The zero-order chi connectivity index (χ0) is 11.7. The highest BCUT2D eigenvalue weighted by Gasteiger charge is 2.35. The molecule has 0 saturated carbocycles. The first-order chi connectivity index (χ1) is 7.65. The standard InChI is InChI=1S/C11H13BrClNO2/c1-7-2-4-14(9(7)6-13)11(15)8-3-5-16-10(8)12/h3,5,7,9H,2,4,6H2,1H3. The third-order valence-electron chi connectivity index (χ3n) is 3.15. The number of hydrogen-bond acceptors (Lipinski definition) is 2. The van der Waals surface area contributed by atoms with Gasteiger partial charge in [-0.2, -0.15) is 0 Å². The second kappa shape index (κ2) is 4.80. The average molecular weight is 307 g/mol. The average Bonchev–Trinajstić information content (AvgIpc) is 2.83. The molecule has 1 aromatic heterocycles. The number of hydrogen-bond donors (Lipinski definition) is 0. The van der Waals surface area contributed by atoms with Gasteiger partial charge in [0, 0.05) is 18.5 Å². The Morgan fingerprint density at radius 2 is 2.50 bits per heavy atom. The molecule has 5 heteroatoms. The monoisotopic (exact) mass is 305 g/mol. The largest absolute Gasteiger partial charge is 0.457 e. The molecule has 1 fully saturated rings. The number of carbonyl (C=O) groups is 1. The van der Waals surface area contributed by atoms with E-state index in [1.807, 2.05) is 4.90 Å². The zero-order valence-electron chi connectivity index (χ0n) is 8.95. The van der Waals surface area contributed by atoms with Crippen molar-refractivity contribution in [2.75, 3.05) is 12.4 Å². The molecule has 1 aliphatic rings. The van der Waals surface area contributed by atoms with E-state index in [1.165, 1.54) is 6.26 Å². The van der Waals surface area contributed by atoms with E-state index in [1.54, 1.807) is 6.07 Å². The van der Waals surface area contributed by atoms with E-state index >= 15 is 0 Å². The molecule has 1 saturated heterocycles. The van der Waals surface area contributed by atoms with Crippen LogP contribution in [-0.4, -0.2) is 29.3 Å². The van der Waals surface area contributed by atoms with Crippen molar-refractivity contribution in [3.8, 4) is 0 Å².